The fraction of sp³-hybridized carbons (Fsp3) is 0.300. The summed E-state index contributed by atoms with van der Waals surface area (Å²) in [6.45, 7) is 3.45. The number of thioether (sulfide) groups is 1. The van der Waals surface area contributed by atoms with Gasteiger partial charge in [-0.05, 0) is 6.92 Å². The number of anilines is 2. The van der Waals surface area contributed by atoms with Crippen LogP contribution >= 0.6 is 11.8 Å². The van der Waals surface area contributed by atoms with Crippen LogP contribution in [0.15, 0.2) is 15.6 Å². The smallest absolute Gasteiger partial charge is 0.322 e. The van der Waals surface area contributed by atoms with Crippen molar-refractivity contribution in [2.45, 2.75) is 19.0 Å². The molecule has 0 radical (unpaired) electrons. The molecular weight excluding hydrogens is 268 g/mol. The standard InChI is InChI=1S/C10H12N6O2S/c1-5-3-7(11)13-10(12-5)19-4-8(17)14-9-16-15-6(2)18-9/h3H,4H2,1-2H3,(H2,11,12,13)(H,14,16,17). The van der Waals surface area contributed by atoms with Gasteiger partial charge in [-0.15, -0.1) is 5.10 Å². The summed E-state index contributed by atoms with van der Waals surface area (Å²) in [4.78, 5) is 19.8. The number of carbonyl (C=O) groups is 1. The lowest BCUT2D eigenvalue weighted by Crippen LogP contribution is -2.14. The molecule has 2 aromatic rings. The number of nitrogen functional groups attached to an aromatic ring is 1. The molecule has 0 aliphatic heterocycles. The zero-order valence-corrected chi connectivity index (χ0v) is 11.2. The number of nitrogens with zero attached hydrogens (tertiary/aromatic N) is 4. The van der Waals surface area contributed by atoms with Crippen molar-refractivity contribution in [3.8, 4) is 0 Å². The number of hydrogen-bond donors (Lipinski definition) is 2. The van der Waals surface area contributed by atoms with Gasteiger partial charge in [-0.25, -0.2) is 9.97 Å². The summed E-state index contributed by atoms with van der Waals surface area (Å²) in [5.74, 6) is 0.614. The van der Waals surface area contributed by atoms with Gasteiger partial charge in [0.2, 0.25) is 11.8 Å². The van der Waals surface area contributed by atoms with Crippen LogP contribution in [-0.2, 0) is 4.79 Å². The number of nitrogens with one attached hydrogen (secondary N) is 1. The van der Waals surface area contributed by atoms with E-state index < -0.39 is 0 Å². The van der Waals surface area contributed by atoms with Gasteiger partial charge in [-0.1, -0.05) is 16.9 Å². The Balaban J connectivity index is 1.89. The minimum atomic E-state index is -0.280. The Bertz CT molecular complexity index is 579. The van der Waals surface area contributed by atoms with Crippen molar-refractivity contribution in [1.29, 1.82) is 0 Å². The van der Waals surface area contributed by atoms with Crippen LogP contribution in [0.1, 0.15) is 11.6 Å². The van der Waals surface area contributed by atoms with Crippen LogP contribution in [0.2, 0.25) is 0 Å². The van der Waals surface area contributed by atoms with E-state index in [1.165, 1.54) is 11.8 Å². The molecule has 2 aromatic heterocycles. The molecule has 3 N–H and O–H groups in total. The molecule has 0 atom stereocenters. The van der Waals surface area contributed by atoms with E-state index in [1.807, 2.05) is 6.92 Å². The fourth-order valence-corrected chi connectivity index (χ4v) is 1.97. The predicted molar refractivity (Wildman–Crippen MR) is 69.6 cm³/mol. The van der Waals surface area contributed by atoms with Gasteiger partial charge < -0.3 is 10.2 Å². The van der Waals surface area contributed by atoms with Gasteiger partial charge in [0.25, 0.3) is 0 Å². The van der Waals surface area contributed by atoms with Crippen LogP contribution in [0, 0.1) is 13.8 Å². The number of aryl methyl sites for hydroxylation is 2. The topological polar surface area (TPSA) is 120 Å². The Hall–Kier alpha value is -2.16. The van der Waals surface area contributed by atoms with Crippen LogP contribution in [0.4, 0.5) is 11.8 Å². The van der Waals surface area contributed by atoms with Crippen LogP contribution < -0.4 is 11.1 Å². The van der Waals surface area contributed by atoms with E-state index in [0.29, 0.717) is 16.9 Å². The monoisotopic (exact) mass is 280 g/mol. The molecule has 8 nitrogen and oxygen atoms in total. The molecule has 0 saturated carbocycles. The van der Waals surface area contributed by atoms with Crippen molar-refractivity contribution >= 4 is 29.5 Å². The maximum Gasteiger partial charge on any atom is 0.322 e. The Kier molecular flexibility index (Phi) is 3.95. The van der Waals surface area contributed by atoms with Crippen LogP contribution in [0.3, 0.4) is 0 Å². The van der Waals surface area contributed by atoms with Gasteiger partial charge in [0.05, 0.1) is 5.75 Å². The lowest BCUT2D eigenvalue weighted by Gasteiger charge is -2.02. The zero-order valence-electron chi connectivity index (χ0n) is 10.4. The normalized spacial score (nSPS) is 10.4. The third-order valence-electron chi connectivity index (χ3n) is 1.96. The number of rotatable bonds is 4. The highest BCUT2D eigenvalue weighted by atomic mass is 32.2. The summed E-state index contributed by atoms with van der Waals surface area (Å²) in [6, 6.07) is 1.73. The van der Waals surface area contributed by atoms with E-state index in [9.17, 15) is 4.79 Å². The van der Waals surface area contributed by atoms with Gasteiger partial charge in [0.1, 0.15) is 5.82 Å². The van der Waals surface area contributed by atoms with E-state index >= 15 is 0 Å². The quantitative estimate of drug-likeness (QED) is 0.623. The number of amides is 1. The first-order valence-corrected chi connectivity index (χ1v) is 6.35. The third-order valence-corrected chi connectivity index (χ3v) is 2.81. The van der Waals surface area contributed by atoms with E-state index in [0.717, 1.165) is 5.69 Å². The molecule has 9 heteroatoms. The molecule has 19 heavy (non-hydrogen) atoms. The van der Waals surface area contributed by atoms with E-state index in [-0.39, 0.29) is 17.7 Å². The summed E-state index contributed by atoms with van der Waals surface area (Å²) in [7, 11) is 0. The largest absolute Gasteiger partial charge is 0.408 e. The first kappa shape index (κ1) is 13.3. The second-order valence-corrected chi connectivity index (χ2v) is 4.62. The highest BCUT2D eigenvalue weighted by molar-refractivity contribution is 7.99. The molecule has 0 spiro atoms. The maximum atomic E-state index is 11.6. The third kappa shape index (κ3) is 3.91. The Labute approximate surface area is 113 Å². The van der Waals surface area contributed by atoms with Crippen molar-refractivity contribution in [3.63, 3.8) is 0 Å². The summed E-state index contributed by atoms with van der Waals surface area (Å²) >= 11 is 1.18. The Morgan fingerprint density at radius 1 is 1.42 bits per heavy atom. The molecule has 2 rings (SSSR count). The Morgan fingerprint density at radius 2 is 2.21 bits per heavy atom. The summed E-state index contributed by atoms with van der Waals surface area (Å²) < 4.78 is 5.03. The molecule has 0 fully saturated rings. The average Bonchev–Trinajstić information content (AvgIpc) is 2.71. The molecule has 0 aliphatic rings. The van der Waals surface area contributed by atoms with Gasteiger partial charge in [-0.2, -0.15) is 0 Å². The average molecular weight is 280 g/mol. The molecule has 0 aromatic carbocycles. The first-order chi connectivity index (χ1) is 9.02. The predicted octanol–water partition coefficient (Wildman–Crippen LogP) is 0.789. The molecule has 0 aliphatic carbocycles. The molecule has 100 valence electrons. The first-order valence-electron chi connectivity index (χ1n) is 5.37. The maximum absolute atomic E-state index is 11.6. The Morgan fingerprint density at radius 3 is 2.84 bits per heavy atom. The molecule has 0 bridgehead atoms. The fourth-order valence-electron chi connectivity index (χ4n) is 1.26. The number of nitrogens with two attached hydrogens (primary N) is 1. The highest BCUT2D eigenvalue weighted by Crippen LogP contribution is 2.15. The van der Waals surface area contributed by atoms with Gasteiger partial charge in [-0.3, -0.25) is 10.1 Å². The lowest BCUT2D eigenvalue weighted by atomic mass is 10.4. The van der Waals surface area contributed by atoms with E-state index in [2.05, 4.69) is 25.5 Å². The van der Waals surface area contributed by atoms with Crippen LogP contribution in [-0.4, -0.2) is 31.8 Å². The number of hydrogen-bond acceptors (Lipinski definition) is 8. The molecule has 0 saturated heterocycles. The van der Waals surface area contributed by atoms with Crippen molar-refractivity contribution in [1.82, 2.24) is 20.2 Å². The second kappa shape index (κ2) is 5.65. The summed E-state index contributed by atoms with van der Waals surface area (Å²) in [5, 5.41) is 10.2. The van der Waals surface area contributed by atoms with Gasteiger partial charge >= 0.3 is 6.01 Å². The number of carbonyl (C=O) groups excluding carboxylic acids is 1. The molecule has 0 unspecified atom stereocenters. The van der Waals surface area contributed by atoms with Gasteiger partial charge in [0.15, 0.2) is 5.16 Å². The number of aromatic nitrogens is 4. The highest BCUT2D eigenvalue weighted by Gasteiger charge is 2.09. The zero-order chi connectivity index (χ0) is 13.8. The van der Waals surface area contributed by atoms with Crippen molar-refractivity contribution in [2.75, 3.05) is 16.8 Å². The minimum absolute atomic E-state index is 0.0766. The van der Waals surface area contributed by atoms with Crippen molar-refractivity contribution in [3.05, 3.63) is 17.7 Å². The second-order valence-electron chi connectivity index (χ2n) is 3.68. The van der Waals surface area contributed by atoms with Crippen LogP contribution in [0.25, 0.3) is 0 Å². The van der Waals surface area contributed by atoms with E-state index in [1.54, 1.807) is 13.0 Å². The molecule has 1 amide bonds. The molecular formula is C10H12N6O2S. The lowest BCUT2D eigenvalue weighted by molar-refractivity contribution is -0.113. The van der Waals surface area contributed by atoms with Crippen molar-refractivity contribution in [2.24, 2.45) is 0 Å². The SMILES string of the molecule is Cc1cc(N)nc(SCC(=O)Nc2nnc(C)o2)n1. The van der Waals surface area contributed by atoms with Gasteiger partial charge in [0, 0.05) is 18.7 Å². The summed E-state index contributed by atoms with van der Waals surface area (Å²) in [5.41, 5.74) is 6.35. The summed E-state index contributed by atoms with van der Waals surface area (Å²) in [6.07, 6.45) is 0. The minimum Gasteiger partial charge on any atom is -0.408 e. The van der Waals surface area contributed by atoms with Crippen LogP contribution in [0.5, 0.6) is 0 Å². The van der Waals surface area contributed by atoms with Crippen molar-refractivity contribution < 1.29 is 9.21 Å². The molecule has 2 heterocycles. The van der Waals surface area contributed by atoms with E-state index in [4.69, 9.17) is 10.2 Å².